The van der Waals surface area contributed by atoms with Gasteiger partial charge in [0.25, 0.3) is 0 Å². The third-order valence-corrected chi connectivity index (χ3v) is 2.62. The molecule has 0 aliphatic rings. The molecule has 1 amide bonds. The summed E-state index contributed by atoms with van der Waals surface area (Å²) in [6.07, 6.45) is 2.65. The van der Waals surface area contributed by atoms with E-state index in [1.807, 2.05) is 6.92 Å². The molecule has 92 valence electrons. The van der Waals surface area contributed by atoms with E-state index in [-0.39, 0.29) is 6.04 Å². The first kappa shape index (κ1) is 14.7. The van der Waals surface area contributed by atoms with Crippen LogP contribution in [-0.4, -0.2) is 35.5 Å². The summed E-state index contributed by atoms with van der Waals surface area (Å²) in [4.78, 5) is 23.4. The highest BCUT2D eigenvalue weighted by atomic mass is 16.4. The zero-order valence-corrected chi connectivity index (χ0v) is 10.3. The molecule has 0 aliphatic carbocycles. The monoisotopic (exact) mass is 227 g/mol. The van der Waals surface area contributed by atoms with Crippen LogP contribution in [0.3, 0.4) is 0 Å². The highest BCUT2D eigenvalue weighted by molar-refractivity contribution is 5.72. The Morgan fingerprint density at radius 3 is 2.44 bits per heavy atom. The Labute approximate surface area is 96.9 Å². The van der Waals surface area contributed by atoms with E-state index in [0.29, 0.717) is 19.3 Å². The summed E-state index contributed by atoms with van der Waals surface area (Å²) >= 11 is 0. The number of amides is 1. The predicted molar refractivity (Wildman–Crippen MR) is 63.1 cm³/mol. The smallest absolute Gasteiger partial charge is 0.308 e. The van der Waals surface area contributed by atoms with E-state index >= 15 is 0 Å². The van der Waals surface area contributed by atoms with Crippen LogP contribution < -0.4 is 0 Å². The van der Waals surface area contributed by atoms with Gasteiger partial charge in [0.15, 0.2) is 0 Å². The van der Waals surface area contributed by atoms with Crippen LogP contribution in [0.2, 0.25) is 0 Å². The molecular formula is C12H21NO3. The number of carbonyl (C=O) groups excluding carboxylic acids is 1. The molecule has 0 aliphatic heterocycles. The molecule has 0 unspecified atom stereocenters. The molecule has 0 heterocycles. The van der Waals surface area contributed by atoms with E-state index in [1.54, 1.807) is 14.0 Å². The van der Waals surface area contributed by atoms with E-state index in [0.717, 1.165) is 12.0 Å². The molecule has 0 aromatic carbocycles. The van der Waals surface area contributed by atoms with E-state index in [2.05, 4.69) is 6.58 Å². The van der Waals surface area contributed by atoms with Gasteiger partial charge in [-0.05, 0) is 19.8 Å². The van der Waals surface area contributed by atoms with Gasteiger partial charge in [0.2, 0.25) is 6.41 Å². The number of rotatable bonds is 8. The van der Waals surface area contributed by atoms with E-state index in [9.17, 15) is 14.7 Å². The van der Waals surface area contributed by atoms with Crippen LogP contribution in [0.25, 0.3) is 0 Å². The fourth-order valence-electron chi connectivity index (χ4n) is 1.83. The van der Waals surface area contributed by atoms with Crippen molar-refractivity contribution in [1.82, 2.24) is 4.90 Å². The van der Waals surface area contributed by atoms with Crippen LogP contribution >= 0.6 is 0 Å². The highest BCUT2D eigenvalue weighted by Crippen LogP contribution is 2.21. The summed E-state index contributed by atoms with van der Waals surface area (Å²) < 4.78 is 0. The third-order valence-electron chi connectivity index (χ3n) is 2.62. The number of carboxylic acids is 1. The van der Waals surface area contributed by atoms with E-state index < -0.39 is 11.9 Å². The molecule has 0 rings (SSSR count). The van der Waals surface area contributed by atoms with Crippen molar-refractivity contribution in [2.75, 3.05) is 7.05 Å². The Morgan fingerprint density at radius 2 is 2.12 bits per heavy atom. The molecule has 2 atom stereocenters. The molecule has 0 aromatic heterocycles. The van der Waals surface area contributed by atoms with Crippen molar-refractivity contribution < 1.29 is 14.7 Å². The molecule has 0 fully saturated rings. The third kappa shape index (κ3) is 4.47. The molecule has 1 N–H and O–H groups in total. The van der Waals surface area contributed by atoms with Gasteiger partial charge in [0.05, 0.1) is 5.92 Å². The van der Waals surface area contributed by atoms with Crippen molar-refractivity contribution in [3.8, 4) is 0 Å². The second kappa shape index (κ2) is 7.04. The van der Waals surface area contributed by atoms with Gasteiger partial charge < -0.3 is 10.0 Å². The van der Waals surface area contributed by atoms with E-state index in [1.165, 1.54) is 4.90 Å². The van der Waals surface area contributed by atoms with Crippen LogP contribution in [0.4, 0.5) is 0 Å². The largest absolute Gasteiger partial charge is 0.481 e. The maximum Gasteiger partial charge on any atom is 0.308 e. The summed E-state index contributed by atoms with van der Waals surface area (Å²) in [6, 6.07) is -0.253. The van der Waals surface area contributed by atoms with Gasteiger partial charge in [-0.25, -0.2) is 0 Å². The summed E-state index contributed by atoms with van der Waals surface area (Å²) in [5.41, 5.74) is 0.827. The number of carboxylic acid groups (broad SMARTS) is 1. The number of aliphatic carboxylic acids is 1. The average molecular weight is 227 g/mol. The molecule has 0 spiro atoms. The van der Waals surface area contributed by atoms with Crippen LogP contribution in [0.1, 0.15) is 33.1 Å². The lowest BCUT2D eigenvalue weighted by Gasteiger charge is -2.30. The highest BCUT2D eigenvalue weighted by Gasteiger charge is 2.29. The summed E-state index contributed by atoms with van der Waals surface area (Å²) in [6.45, 7) is 7.52. The minimum atomic E-state index is -0.866. The summed E-state index contributed by atoms with van der Waals surface area (Å²) in [7, 11) is 1.63. The normalized spacial score (nSPS) is 13.9. The zero-order valence-electron chi connectivity index (χ0n) is 10.3. The second-order valence-corrected chi connectivity index (χ2v) is 4.23. The van der Waals surface area contributed by atoms with E-state index in [4.69, 9.17) is 0 Å². The second-order valence-electron chi connectivity index (χ2n) is 4.23. The van der Waals surface area contributed by atoms with Gasteiger partial charge >= 0.3 is 5.97 Å². The Kier molecular flexibility index (Phi) is 6.46. The van der Waals surface area contributed by atoms with Gasteiger partial charge in [0.1, 0.15) is 0 Å². The molecular weight excluding hydrogens is 206 g/mol. The maximum absolute atomic E-state index is 11.2. The quantitative estimate of drug-likeness (QED) is 0.509. The lowest BCUT2D eigenvalue weighted by molar-refractivity contribution is -0.144. The minimum absolute atomic E-state index is 0.253. The molecule has 0 radical (unpaired) electrons. The van der Waals surface area contributed by atoms with Crippen molar-refractivity contribution in [1.29, 1.82) is 0 Å². The first-order chi connectivity index (χ1) is 7.43. The van der Waals surface area contributed by atoms with Crippen molar-refractivity contribution in [3.63, 3.8) is 0 Å². The van der Waals surface area contributed by atoms with Crippen molar-refractivity contribution in [2.24, 2.45) is 5.92 Å². The lowest BCUT2D eigenvalue weighted by atomic mass is 9.89. The van der Waals surface area contributed by atoms with Crippen LogP contribution in [0.15, 0.2) is 12.2 Å². The number of nitrogens with zero attached hydrogens (tertiary/aromatic N) is 1. The molecule has 0 saturated carbocycles. The SMILES string of the molecule is C=C(C)C[C@@H](C(=O)O)[C@H](CCC)N(C)C=O. The van der Waals surface area contributed by atoms with Gasteiger partial charge in [-0.2, -0.15) is 0 Å². The van der Waals surface area contributed by atoms with Gasteiger partial charge in [-0.15, -0.1) is 6.58 Å². The first-order valence-corrected chi connectivity index (χ1v) is 5.48. The maximum atomic E-state index is 11.2. The lowest BCUT2D eigenvalue weighted by Crippen LogP contribution is -2.40. The number of hydrogen-bond donors (Lipinski definition) is 1. The summed E-state index contributed by atoms with van der Waals surface area (Å²) in [5.74, 6) is -1.43. The van der Waals surface area contributed by atoms with Gasteiger partial charge in [-0.3, -0.25) is 9.59 Å². The fraction of sp³-hybridized carbons (Fsp3) is 0.667. The number of hydrogen-bond acceptors (Lipinski definition) is 2. The number of allylic oxidation sites excluding steroid dienone is 1. The van der Waals surface area contributed by atoms with Gasteiger partial charge in [0, 0.05) is 13.1 Å². The molecule has 16 heavy (non-hydrogen) atoms. The molecule has 0 saturated heterocycles. The van der Waals surface area contributed by atoms with Crippen molar-refractivity contribution in [2.45, 2.75) is 39.2 Å². The Morgan fingerprint density at radius 1 is 1.56 bits per heavy atom. The average Bonchev–Trinajstić information content (AvgIpc) is 2.21. The van der Waals surface area contributed by atoms with Gasteiger partial charge in [-0.1, -0.05) is 18.9 Å². The Hall–Kier alpha value is -1.32. The first-order valence-electron chi connectivity index (χ1n) is 5.48. The van der Waals surface area contributed by atoms with Crippen LogP contribution in [0.5, 0.6) is 0 Å². The fourth-order valence-corrected chi connectivity index (χ4v) is 1.83. The van der Waals surface area contributed by atoms with Crippen LogP contribution in [0, 0.1) is 5.92 Å². The Bertz CT molecular complexity index is 263. The molecule has 0 aromatic rings. The molecule has 0 bridgehead atoms. The van der Waals surface area contributed by atoms with Crippen molar-refractivity contribution >= 4 is 12.4 Å². The standard InChI is InChI=1S/C12H21NO3/c1-5-6-11(13(4)8-14)10(12(15)16)7-9(2)3/h8,10-11H,2,5-7H2,1,3-4H3,(H,15,16)/t10-,11+/m1/s1. The van der Waals surface area contributed by atoms with Crippen LogP contribution in [-0.2, 0) is 9.59 Å². The molecule has 4 nitrogen and oxygen atoms in total. The number of carbonyl (C=O) groups is 2. The van der Waals surface area contributed by atoms with Crippen molar-refractivity contribution in [3.05, 3.63) is 12.2 Å². The Balaban J connectivity index is 4.84. The zero-order chi connectivity index (χ0) is 12.7. The minimum Gasteiger partial charge on any atom is -0.481 e. The topological polar surface area (TPSA) is 57.6 Å². The summed E-state index contributed by atoms with van der Waals surface area (Å²) in [5, 5.41) is 9.18. The predicted octanol–water partition coefficient (Wildman–Crippen LogP) is 1.91. The molecule has 4 heteroatoms.